The van der Waals surface area contributed by atoms with Gasteiger partial charge in [-0.05, 0) is 17.7 Å². The van der Waals surface area contributed by atoms with E-state index in [4.69, 9.17) is 28.0 Å². The molecule has 2 aromatic rings. The summed E-state index contributed by atoms with van der Waals surface area (Å²) in [6, 6.07) is 12.2. The van der Waals surface area contributed by atoms with Crippen molar-refractivity contribution in [3.63, 3.8) is 0 Å². The molecule has 1 aliphatic rings. The fraction of sp³-hybridized carbons (Fsp3) is 0.0667. The molecule has 6 heteroatoms. The van der Waals surface area contributed by atoms with Crippen molar-refractivity contribution in [1.29, 1.82) is 0 Å². The maximum Gasteiger partial charge on any atom is 0.287 e. The summed E-state index contributed by atoms with van der Waals surface area (Å²) >= 11 is 11.9. The smallest absolute Gasteiger partial charge is 0.266 e. The minimum Gasteiger partial charge on any atom is -0.266 e. The number of nitrogens with zero attached hydrogens (tertiary/aromatic N) is 1. The first-order valence-corrected chi connectivity index (χ1v) is 6.89. The largest absolute Gasteiger partial charge is 0.287 e. The molecule has 21 heavy (non-hydrogen) atoms. The lowest BCUT2D eigenvalue weighted by Gasteiger charge is -2.13. The van der Waals surface area contributed by atoms with Gasteiger partial charge in [-0.25, -0.2) is 0 Å². The summed E-state index contributed by atoms with van der Waals surface area (Å²) < 4.78 is 0. The van der Waals surface area contributed by atoms with Crippen molar-refractivity contribution in [3.8, 4) is 0 Å². The van der Waals surface area contributed by atoms with E-state index in [1.165, 1.54) is 12.1 Å². The van der Waals surface area contributed by atoms with Gasteiger partial charge in [0.2, 0.25) is 0 Å². The number of benzene rings is 2. The molecule has 3 rings (SSSR count). The van der Waals surface area contributed by atoms with Crippen molar-refractivity contribution in [1.82, 2.24) is 5.06 Å². The van der Waals surface area contributed by atoms with Gasteiger partial charge < -0.3 is 0 Å². The quantitative estimate of drug-likeness (QED) is 0.809. The number of carbonyl (C=O) groups is 2. The van der Waals surface area contributed by atoms with Crippen molar-refractivity contribution in [2.75, 3.05) is 0 Å². The summed E-state index contributed by atoms with van der Waals surface area (Å²) in [6.45, 7) is 0.0988. The Kier molecular flexibility index (Phi) is 3.68. The average molecular weight is 322 g/mol. The van der Waals surface area contributed by atoms with Gasteiger partial charge in [-0.2, -0.15) is 0 Å². The molecule has 1 aliphatic heterocycles. The van der Waals surface area contributed by atoms with E-state index in [-0.39, 0.29) is 27.8 Å². The Labute approximate surface area is 130 Å². The maximum absolute atomic E-state index is 12.2. The van der Waals surface area contributed by atoms with Crippen LogP contribution < -0.4 is 0 Å². The molecule has 0 saturated heterocycles. The maximum atomic E-state index is 12.2. The van der Waals surface area contributed by atoms with Crippen molar-refractivity contribution in [2.24, 2.45) is 0 Å². The number of hydrogen-bond donors (Lipinski definition) is 0. The summed E-state index contributed by atoms with van der Waals surface area (Å²) in [5.74, 6) is -1.20. The van der Waals surface area contributed by atoms with Crippen molar-refractivity contribution >= 4 is 35.0 Å². The van der Waals surface area contributed by atoms with Crippen LogP contribution in [0.3, 0.4) is 0 Å². The molecule has 2 amide bonds. The van der Waals surface area contributed by atoms with Gasteiger partial charge in [0.1, 0.15) is 6.61 Å². The lowest BCUT2D eigenvalue weighted by molar-refractivity contribution is -0.101. The summed E-state index contributed by atoms with van der Waals surface area (Å²) in [4.78, 5) is 29.8. The van der Waals surface area contributed by atoms with Crippen LogP contribution >= 0.6 is 23.2 Å². The van der Waals surface area contributed by atoms with Gasteiger partial charge in [0.15, 0.2) is 0 Å². The van der Waals surface area contributed by atoms with Gasteiger partial charge in [0.05, 0.1) is 21.2 Å². The van der Waals surface area contributed by atoms with E-state index in [1.807, 2.05) is 30.3 Å². The number of hydroxylamine groups is 2. The Morgan fingerprint density at radius 3 is 1.90 bits per heavy atom. The van der Waals surface area contributed by atoms with Gasteiger partial charge in [-0.1, -0.05) is 53.5 Å². The number of halogens is 2. The van der Waals surface area contributed by atoms with Crippen LogP contribution in [0.25, 0.3) is 0 Å². The molecular weight excluding hydrogens is 313 g/mol. The Morgan fingerprint density at radius 1 is 0.857 bits per heavy atom. The van der Waals surface area contributed by atoms with Crippen molar-refractivity contribution in [3.05, 3.63) is 69.2 Å². The number of fused-ring (bicyclic) bond motifs is 1. The number of carbonyl (C=O) groups excluding carboxylic acids is 2. The zero-order valence-corrected chi connectivity index (χ0v) is 12.2. The molecule has 0 unspecified atom stereocenters. The van der Waals surface area contributed by atoms with Crippen LogP contribution in [-0.4, -0.2) is 16.9 Å². The standard InChI is InChI=1S/C15H9Cl2NO3/c16-10-6-7-11(17)13-12(10)14(19)18(15(13)20)21-8-9-4-2-1-3-5-9/h1-7H,8H2. The zero-order chi connectivity index (χ0) is 15.0. The van der Waals surface area contributed by atoms with Crippen LogP contribution in [0.1, 0.15) is 26.3 Å². The third-order valence-corrected chi connectivity index (χ3v) is 3.73. The van der Waals surface area contributed by atoms with Gasteiger partial charge >= 0.3 is 0 Å². The number of rotatable bonds is 3. The molecule has 2 aromatic carbocycles. The average Bonchev–Trinajstić information content (AvgIpc) is 2.75. The number of amides is 2. The first-order chi connectivity index (χ1) is 10.1. The second kappa shape index (κ2) is 5.48. The third kappa shape index (κ3) is 2.42. The zero-order valence-electron chi connectivity index (χ0n) is 10.7. The van der Waals surface area contributed by atoms with E-state index in [2.05, 4.69) is 0 Å². The lowest BCUT2D eigenvalue weighted by Crippen LogP contribution is -2.29. The van der Waals surface area contributed by atoms with Crippen LogP contribution in [-0.2, 0) is 11.4 Å². The molecule has 4 nitrogen and oxygen atoms in total. The predicted octanol–water partition coefficient (Wildman–Crippen LogP) is 3.72. The highest BCUT2D eigenvalue weighted by Gasteiger charge is 2.40. The second-order valence-corrected chi connectivity index (χ2v) is 5.26. The molecule has 0 aliphatic carbocycles. The lowest BCUT2D eigenvalue weighted by atomic mass is 10.1. The SMILES string of the molecule is O=C1c2c(Cl)ccc(Cl)c2C(=O)N1OCc1ccccc1. The highest BCUT2D eigenvalue weighted by atomic mass is 35.5. The van der Waals surface area contributed by atoms with Crippen molar-refractivity contribution < 1.29 is 14.4 Å². The molecule has 0 saturated carbocycles. The molecule has 106 valence electrons. The number of hydrogen-bond acceptors (Lipinski definition) is 3. The Morgan fingerprint density at radius 2 is 1.38 bits per heavy atom. The van der Waals surface area contributed by atoms with Gasteiger partial charge in [-0.3, -0.25) is 14.4 Å². The molecule has 0 aromatic heterocycles. The van der Waals surface area contributed by atoms with E-state index >= 15 is 0 Å². The Balaban J connectivity index is 1.87. The highest BCUT2D eigenvalue weighted by molar-refractivity contribution is 6.41. The minimum atomic E-state index is -0.599. The molecule has 0 radical (unpaired) electrons. The van der Waals surface area contributed by atoms with E-state index in [0.29, 0.717) is 5.06 Å². The molecular formula is C15H9Cl2NO3. The molecule has 1 heterocycles. The second-order valence-electron chi connectivity index (χ2n) is 4.44. The monoisotopic (exact) mass is 321 g/mol. The summed E-state index contributed by atoms with van der Waals surface area (Å²) in [6.07, 6.45) is 0. The van der Waals surface area contributed by atoms with Crippen molar-refractivity contribution in [2.45, 2.75) is 6.61 Å². The molecule has 0 N–H and O–H groups in total. The van der Waals surface area contributed by atoms with E-state index in [0.717, 1.165) is 5.56 Å². The van der Waals surface area contributed by atoms with Crippen LogP contribution in [0.15, 0.2) is 42.5 Å². The topological polar surface area (TPSA) is 46.6 Å². The molecule has 0 fully saturated rings. The fourth-order valence-corrected chi connectivity index (χ4v) is 2.57. The Hall–Kier alpha value is -1.88. The van der Waals surface area contributed by atoms with Crippen LogP contribution in [0.5, 0.6) is 0 Å². The van der Waals surface area contributed by atoms with Gasteiger partial charge in [-0.15, -0.1) is 5.06 Å². The molecule has 0 spiro atoms. The summed E-state index contributed by atoms with van der Waals surface area (Å²) in [5, 5.41) is 1.06. The molecule has 0 bridgehead atoms. The third-order valence-electron chi connectivity index (χ3n) is 3.10. The number of imide groups is 1. The minimum absolute atomic E-state index is 0.0854. The highest BCUT2D eigenvalue weighted by Crippen LogP contribution is 2.34. The van der Waals surface area contributed by atoms with Crippen LogP contribution in [0.2, 0.25) is 10.0 Å². The van der Waals surface area contributed by atoms with Crippen LogP contribution in [0, 0.1) is 0 Å². The molecule has 0 atom stereocenters. The van der Waals surface area contributed by atoms with E-state index < -0.39 is 11.8 Å². The summed E-state index contributed by atoms with van der Waals surface area (Å²) in [7, 11) is 0. The predicted molar refractivity (Wildman–Crippen MR) is 78.2 cm³/mol. The Bertz CT molecular complexity index is 690. The first kappa shape index (κ1) is 14.1. The normalized spacial score (nSPS) is 13.7. The van der Waals surface area contributed by atoms with E-state index in [9.17, 15) is 9.59 Å². The first-order valence-electron chi connectivity index (χ1n) is 6.13. The fourth-order valence-electron chi connectivity index (χ4n) is 2.10. The summed E-state index contributed by atoms with van der Waals surface area (Å²) in [5.41, 5.74) is 1.01. The van der Waals surface area contributed by atoms with Gasteiger partial charge in [0.25, 0.3) is 11.8 Å². The van der Waals surface area contributed by atoms with Crippen LogP contribution in [0.4, 0.5) is 0 Å². The van der Waals surface area contributed by atoms with Gasteiger partial charge in [0, 0.05) is 0 Å². The van der Waals surface area contributed by atoms with E-state index in [1.54, 1.807) is 0 Å².